The number of ether oxygens (including phenoxy) is 2. The second kappa shape index (κ2) is 8.34. The molecule has 2 aromatic heterocycles. The molecule has 0 amide bonds. The lowest BCUT2D eigenvalue weighted by Gasteiger charge is -2.14. The summed E-state index contributed by atoms with van der Waals surface area (Å²) in [5, 5.41) is 3.94. The normalized spacial score (nSPS) is 10.6. The molecule has 0 radical (unpaired) electrons. The molecule has 30 heavy (non-hydrogen) atoms. The first-order valence-electron chi connectivity index (χ1n) is 8.84. The Labute approximate surface area is 180 Å². The van der Waals surface area contributed by atoms with Crippen molar-refractivity contribution in [2.75, 3.05) is 18.2 Å². The van der Waals surface area contributed by atoms with Crippen LogP contribution >= 0.6 is 15.9 Å². The van der Waals surface area contributed by atoms with Gasteiger partial charge in [0.2, 0.25) is 5.88 Å². The molecule has 0 saturated carbocycles. The van der Waals surface area contributed by atoms with Crippen molar-refractivity contribution in [2.24, 2.45) is 0 Å². The second-order valence-corrected chi connectivity index (χ2v) is 7.00. The minimum atomic E-state index is -0.477. The molecule has 0 aliphatic carbocycles. The molecule has 150 valence electrons. The highest BCUT2D eigenvalue weighted by Crippen LogP contribution is 2.36. The fourth-order valence-electron chi connectivity index (χ4n) is 2.87. The van der Waals surface area contributed by atoms with Crippen molar-refractivity contribution >= 4 is 50.0 Å². The van der Waals surface area contributed by atoms with Gasteiger partial charge in [0.05, 0.1) is 18.4 Å². The largest absolute Gasteiger partial charge is 0.465 e. The van der Waals surface area contributed by atoms with Gasteiger partial charge in [0.25, 0.3) is 0 Å². The average molecular weight is 466 g/mol. The number of anilines is 3. The van der Waals surface area contributed by atoms with Crippen molar-refractivity contribution in [2.45, 2.75) is 0 Å². The summed E-state index contributed by atoms with van der Waals surface area (Å²) >= 11 is 3.51. The predicted octanol–water partition coefficient (Wildman–Crippen LogP) is 4.69. The molecular weight excluding hydrogens is 450 g/mol. The molecule has 0 saturated heterocycles. The van der Waals surface area contributed by atoms with Gasteiger partial charge in [0.15, 0.2) is 11.6 Å². The Bertz CT molecular complexity index is 1250. The summed E-state index contributed by atoms with van der Waals surface area (Å²) in [6, 6.07) is 14.3. The first-order chi connectivity index (χ1) is 14.6. The van der Waals surface area contributed by atoms with Gasteiger partial charge in [-0.1, -0.05) is 34.1 Å². The van der Waals surface area contributed by atoms with Gasteiger partial charge in [0.1, 0.15) is 17.5 Å². The molecule has 0 fully saturated rings. The fourth-order valence-corrected chi connectivity index (χ4v) is 3.32. The maximum atomic E-state index is 12.0. The van der Waals surface area contributed by atoms with Crippen LogP contribution in [0.15, 0.2) is 65.5 Å². The number of aromatic nitrogens is 3. The number of para-hydroxylation sites is 1. The van der Waals surface area contributed by atoms with Crippen molar-refractivity contribution in [1.82, 2.24) is 15.0 Å². The number of nitrogens with two attached hydrogens (primary N) is 1. The van der Waals surface area contributed by atoms with Crippen LogP contribution in [0, 0.1) is 0 Å². The number of pyridine rings is 1. The Morgan fingerprint density at radius 1 is 1.07 bits per heavy atom. The first kappa shape index (κ1) is 19.6. The van der Waals surface area contributed by atoms with Crippen LogP contribution < -0.4 is 15.8 Å². The molecule has 0 bridgehead atoms. The Balaban J connectivity index is 1.69. The van der Waals surface area contributed by atoms with E-state index >= 15 is 0 Å². The highest BCUT2D eigenvalue weighted by molar-refractivity contribution is 9.10. The molecule has 0 aliphatic rings. The molecule has 4 aromatic rings. The summed E-state index contributed by atoms with van der Waals surface area (Å²) in [5.41, 5.74) is 7.95. The molecule has 0 unspecified atom stereocenters. The Kier molecular flexibility index (Phi) is 5.44. The highest BCUT2D eigenvalue weighted by atomic mass is 79.9. The molecule has 8 nitrogen and oxygen atoms in total. The number of hydrogen-bond donors (Lipinski definition) is 2. The van der Waals surface area contributed by atoms with Crippen molar-refractivity contribution in [3.8, 4) is 11.6 Å². The number of carbonyl (C=O) groups excluding carboxylic acids is 1. The minimum Gasteiger partial charge on any atom is -0.465 e. The first-order valence-corrected chi connectivity index (χ1v) is 9.63. The number of nitrogens with one attached hydrogen (secondary N) is 1. The molecule has 2 heterocycles. The highest BCUT2D eigenvalue weighted by Gasteiger charge is 2.16. The van der Waals surface area contributed by atoms with E-state index in [1.165, 1.54) is 13.4 Å². The summed E-state index contributed by atoms with van der Waals surface area (Å²) in [5.74, 6) is 0.484. The molecule has 9 heteroatoms. The van der Waals surface area contributed by atoms with Crippen molar-refractivity contribution in [3.05, 3.63) is 71.1 Å². The lowest BCUT2D eigenvalue weighted by molar-refractivity contribution is 0.0602. The van der Waals surface area contributed by atoms with Gasteiger partial charge in [-0.15, -0.1) is 0 Å². The summed E-state index contributed by atoms with van der Waals surface area (Å²) < 4.78 is 11.7. The standard InChI is InChI=1S/C21H16BrN5O3/c1-29-21(28)13-5-2-3-7-15(13)27-19-17(23)20(26-11-25-19)30-16-9-8-14(22)12-6-4-10-24-18(12)16/h2-11H,23H2,1H3,(H,25,26,27). The summed E-state index contributed by atoms with van der Waals surface area (Å²) in [4.78, 5) is 24.7. The number of methoxy groups -OCH3 is 1. The predicted molar refractivity (Wildman–Crippen MR) is 117 cm³/mol. The molecule has 2 aromatic carbocycles. The number of hydrogen-bond acceptors (Lipinski definition) is 8. The quantitative estimate of drug-likeness (QED) is 0.408. The zero-order chi connectivity index (χ0) is 21.1. The van der Waals surface area contributed by atoms with Gasteiger partial charge >= 0.3 is 5.97 Å². The Morgan fingerprint density at radius 3 is 2.73 bits per heavy atom. The van der Waals surface area contributed by atoms with E-state index in [0.29, 0.717) is 28.3 Å². The van der Waals surface area contributed by atoms with Gasteiger partial charge in [-0.2, -0.15) is 4.98 Å². The maximum absolute atomic E-state index is 12.0. The van der Waals surface area contributed by atoms with E-state index in [1.807, 2.05) is 18.2 Å². The molecular formula is C21H16BrN5O3. The molecule has 3 N–H and O–H groups in total. The summed E-state index contributed by atoms with van der Waals surface area (Å²) in [7, 11) is 1.32. The lowest BCUT2D eigenvalue weighted by Crippen LogP contribution is -2.08. The van der Waals surface area contributed by atoms with Crippen molar-refractivity contribution < 1.29 is 14.3 Å². The van der Waals surface area contributed by atoms with Gasteiger partial charge in [0, 0.05) is 16.1 Å². The van der Waals surface area contributed by atoms with Crippen LogP contribution in [0.5, 0.6) is 11.6 Å². The summed E-state index contributed by atoms with van der Waals surface area (Å²) in [6.45, 7) is 0. The van der Waals surface area contributed by atoms with E-state index in [0.717, 1.165) is 9.86 Å². The number of fused-ring (bicyclic) bond motifs is 1. The number of nitrogen functional groups attached to an aromatic ring is 1. The smallest absolute Gasteiger partial charge is 0.339 e. The Morgan fingerprint density at radius 2 is 1.90 bits per heavy atom. The van der Waals surface area contributed by atoms with Crippen LogP contribution in [-0.4, -0.2) is 28.0 Å². The van der Waals surface area contributed by atoms with Gasteiger partial charge < -0.3 is 20.5 Å². The Hall–Kier alpha value is -3.72. The number of carbonyl (C=O) groups is 1. The van der Waals surface area contributed by atoms with Gasteiger partial charge in [-0.3, -0.25) is 4.98 Å². The fraction of sp³-hybridized carbons (Fsp3) is 0.0476. The second-order valence-electron chi connectivity index (χ2n) is 6.15. The third-order valence-corrected chi connectivity index (χ3v) is 5.01. The summed E-state index contributed by atoms with van der Waals surface area (Å²) in [6.07, 6.45) is 3.00. The SMILES string of the molecule is COC(=O)c1ccccc1Nc1ncnc(Oc2ccc(Br)c3cccnc23)c1N. The van der Waals surface area contributed by atoms with Crippen LogP contribution in [0.25, 0.3) is 10.9 Å². The van der Waals surface area contributed by atoms with E-state index < -0.39 is 5.97 Å². The van der Waals surface area contributed by atoms with E-state index in [-0.39, 0.29) is 11.6 Å². The van der Waals surface area contributed by atoms with Crippen LogP contribution in [0.4, 0.5) is 17.2 Å². The van der Waals surface area contributed by atoms with E-state index in [1.54, 1.807) is 36.5 Å². The van der Waals surface area contributed by atoms with Crippen LogP contribution in [0.1, 0.15) is 10.4 Å². The van der Waals surface area contributed by atoms with E-state index in [4.69, 9.17) is 15.2 Å². The molecule has 4 rings (SSSR count). The average Bonchev–Trinajstić information content (AvgIpc) is 2.78. The maximum Gasteiger partial charge on any atom is 0.339 e. The van der Waals surface area contributed by atoms with Gasteiger partial charge in [-0.25, -0.2) is 9.78 Å². The lowest BCUT2D eigenvalue weighted by atomic mass is 10.2. The third-order valence-electron chi connectivity index (χ3n) is 4.32. The van der Waals surface area contributed by atoms with Crippen molar-refractivity contribution in [3.63, 3.8) is 0 Å². The minimum absolute atomic E-state index is 0.164. The van der Waals surface area contributed by atoms with Crippen LogP contribution in [0.3, 0.4) is 0 Å². The third kappa shape index (κ3) is 3.74. The number of esters is 1. The number of benzene rings is 2. The van der Waals surface area contributed by atoms with Gasteiger partial charge in [-0.05, 0) is 30.3 Å². The topological polar surface area (TPSA) is 112 Å². The zero-order valence-corrected chi connectivity index (χ0v) is 17.4. The molecule has 0 spiro atoms. The number of rotatable bonds is 5. The molecule has 0 aliphatic heterocycles. The number of nitrogens with zero attached hydrogens (tertiary/aromatic N) is 3. The van der Waals surface area contributed by atoms with Crippen LogP contribution in [-0.2, 0) is 4.74 Å². The van der Waals surface area contributed by atoms with Crippen LogP contribution in [0.2, 0.25) is 0 Å². The number of halogens is 1. The monoisotopic (exact) mass is 465 g/mol. The molecule has 0 atom stereocenters. The van der Waals surface area contributed by atoms with Crippen molar-refractivity contribution in [1.29, 1.82) is 0 Å². The van der Waals surface area contributed by atoms with E-state index in [2.05, 4.69) is 36.2 Å². The zero-order valence-electron chi connectivity index (χ0n) is 15.8. The van der Waals surface area contributed by atoms with E-state index in [9.17, 15) is 4.79 Å².